The van der Waals surface area contributed by atoms with Gasteiger partial charge in [-0.15, -0.1) is 0 Å². The molecule has 96 valence electrons. The van der Waals surface area contributed by atoms with Crippen molar-refractivity contribution in [3.05, 3.63) is 23.0 Å². The monoisotopic (exact) mass is 247 g/mol. The van der Waals surface area contributed by atoms with Crippen LogP contribution in [0.4, 0.5) is 0 Å². The van der Waals surface area contributed by atoms with Crippen molar-refractivity contribution in [2.45, 2.75) is 33.7 Å². The van der Waals surface area contributed by atoms with Gasteiger partial charge in [-0.3, -0.25) is 0 Å². The average molecular weight is 247 g/mol. The smallest absolute Gasteiger partial charge is 0.338 e. The quantitative estimate of drug-likeness (QED) is 0.780. The van der Waals surface area contributed by atoms with Crippen LogP contribution in [-0.2, 0) is 11.3 Å². The van der Waals surface area contributed by atoms with Crippen molar-refractivity contribution in [1.29, 1.82) is 0 Å². The molecule has 0 aromatic carbocycles. The summed E-state index contributed by atoms with van der Waals surface area (Å²) >= 11 is 0. The number of carbonyl (C=O) groups excluding carboxylic acids is 1. The molecule has 2 rings (SSSR count). The lowest BCUT2D eigenvalue weighted by Crippen LogP contribution is -2.05. The van der Waals surface area contributed by atoms with Crippen LogP contribution in [0.3, 0.4) is 0 Å². The Balaban J connectivity index is 2.76. The predicted molar refractivity (Wildman–Crippen MR) is 68.6 cm³/mol. The van der Waals surface area contributed by atoms with Crippen molar-refractivity contribution < 1.29 is 9.53 Å². The van der Waals surface area contributed by atoms with E-state index < -0.39 is 0 Å². The molecule has 0 atom stereocenters. The molecule has 0 amide bonds. The molecule has 2 heterocycles. The standard InChI is InChI=1S/C13H17N3O2/c1-5-6-16-12-11(9(3)15-16)10(13(17)18-4)7-8(2)14-12/h7H,5-6H2,1-4H3. The summed E-state index contributed by atoms with van der Waals surface area (Å²) in [5.74, 6) is -0.343. The maximum Gasteiger partial charge on any atom is 0.338 e. The number of aryl methyl sites for hydroxylation is 3. The average Bonchev–Trinajstić information content (AvgIpc) is 2.65. The SMILES string of the molecule is CCCn1nc(C)c2c(C(=O)OC)cc(C)nc21. The number of hydrogen-bond acceptors (Lipinski definition) is 4. The summed E-state index contributed by atoms with van der Waals surface area (Å²) in [4.78, 5) is 16.3. The minimum atomic E-state index is -0.343. The first-order valence-electron chi connectivity index (χ1n) is 6.01. The maximum absolute atomic E-state index is 11.8. The molecule has 0 saturated carbocycles. The van der Waals surface area contributed by atoms with Crippen LogP contribution in [-0.4, -0.2) is 27.8 Å². The van der Waals surface area contributed by atoms with Gasteiger partial charge in [0.15, 0.2) is 5.65 Å². The van der Waals surface area contributed by atoms with Gasteiger partial charge in [0.25, 0.3) is 0 Å². The molecule has 0 bridgehead atoms. The maximum atomic E-state index is 11.8. The fourth-order valence-corrected chi connectivity index (χ4v) is 2.12. The van der Waals surface area contributed by atoms with E-state index in [-0.39, 0.29) is 5.97 Å². The second kappa shape index (κ2) is 4.76. The Hall–Kier alpha value is -1.91. The van der Waals surface area contributed by atoms with Crippen LogP contribution >= 0.6 is 0 Å². The molecule has 0 saturated heterocycles. The second-order valence-corrected chi connectivity index (χ2v) is 4.31. The van der Waals surface area contributed by atoms with Crippen LogP contribution in [0.25, 0.3) is 11.0 Å². The molecule has 0 aliphatic carbocycles. The lowest BCUT2D eigenvalue weighted by atomic mass is 10.1. The number of nitrogens with zero attached hydrogens (tertiary/aromatic N) is 3. The topological polar surface area (TPSA) is 57.0 Å². The minimum absolute atomic E-state index is 0.343. The number of hydrogen-bond donors (Lipinski definition) is 0. The fourth-order valence-electron chi connectivity index (χ4n) is 2.12. The largest absolute Gasteiger partial charge is 0.465 e. The molecule has 2 aromatic heterocycles. The molecule has 5 nitrogen and oxygen atoms in total. The zero-order chi connectivity index (χ0) is 13.3. The molecule has 0 spiro atoms. The van der Waals surface area contributed by atoms with E-state index in [1.807, 2.05) is 18.5 Å². The van der Waals surface area contributed by atoms with E-state index in [0.29, 0.717) is 5.56 Å². The summed E-state index contributed by atoms with van der Waals surface area (Å²) in [6, 6.07) is 1.75. The first kappa shape index (κ1) is 12.5. The highest BCUT2D eigenvalue weighted by Crippen LogP contribution is 2.23. The number of aromatic nitrogens is 3. The van der Waals surface area contributed by atoms with Gasteiger partial charge in [-0.25, -0.2) is 14.5 Å². The summed E-state index contributed by atoms with van der Waals surface area (Å²) in [6.45, 7) is 6.63. The first-order valence-corrected chi connectivity index (χ1v) is 6.01. The Kier molecular flexibility index (Phi) is 3.32. The van der Waals surface area contributed by atoms with Gasteiger partial charge in [0.2, 0.25) is 0 Å². The highest BCUT2D eigenvalue weighted by atomic mass is 16.5. The fraction of sp³-hybridized carbons (Fsp3) is 0.462. The number of pyridine rings is 1. The van der Waals surface area contributed by atoms with Gasteiger partial charge in [0, 0.05) is 12.2 Å². The van der Waals surface area contributed by atoms with Gasteiger partial charge in [-0.2, -0.15) is 5.10 Å². The summed E-state index contributed by atoms with van der Waals surface area (Å²) < 4.78 is 6.67. The zero-order valence-electron chi connectivity index (χ0n) is 11.1. The molecule has 18 heavy (non-hydrogen) atoms. The zero-order valence-corrected chi connectivity index (χ0v) is 11.1. The molecule has 2 aromatic rings. The number of fused-ring (bicyclic) bond motifs is 1. The van der Waals surface area contributed by atoms with Gasteiger partial charge < -0.3 is 4.74 Å². The Morgan fingerprint density at radius 2 is 2.17 bits per heavy atom. The highest BCUT2D eigenvalue weighted by Gasteiger charge is 2.18. The lowest BCUT2D eigenvalue weighted by Gasteiger charge is -2.04. The van der Waals surface area contributed by atoms with E-state index in [1.54, 1.807) is 6.07 Å². The number of ether oxygens (including phenoxy) is 1. The third-order valence-corrected chi connectivity index (χ3v) is 2.85. The van der Waals surface area contributed by atoms with Gasteiger partial charge in [0.05, 0.1) is 23.8 Å². The van der Waals surface area contributed by atoms with Gasteiger partial charge in [-0.1, -0.05) is 6.92 Å². The van der Waals surface area contributed by atoms with Crippen molar-refractivity contribution in [3.8, 4) is 0 Å². The Bertz CT molecular complexity index is 602. The van der Waals surface area contributed by atoms with Crippen LogP contribution in [0.15, 0.2) is 6.07 Å². The van der Waals surface area contributed by atoms with Crippen molar-refractivity contribution in [2.75, 3.05) is 7.11 Å². The lowest BCUT2D eigenvalue weighted by molar-refractivity contribution is 0.0602. The van der Waals surface area contributed by atoms with Crippen molar-refractivity contribution in [1.82, 2.24) is 14.8 Å². The molecular formula is C13H17N3O2. The van der Waals surface area contributed by atoms with Gasteiger partial charge in [-0.05, 0) is 26.3 Å². The molecule has 0 unspecified atom stereocenters. The summed E-state index contributed by atoms with van der Waals surface area (Å²) in [6.07, 6.45) is 0.972. The molecule has 0 N–H and O–H groups in total. The third kappa shape index (κ3) is 1.96. The van der Waals surface area contributed by atoms with Gasteiger partial charge >= 0.3 is 5.97 Å². The number of carbonyl (C=O) groups is 1. The van der Waals surface area contributed by atoms with Crippen molar-refractivity contribution in [2.24, 2.45) is 0 Å². The van der Waals surface area contributed by atoms with E-state index in [4.69, 9.17) is 4.74 Å². The Morgan fingerprint density at radius 1 is 1.44 bits per heavy atom. The summed E-state index contributed by atoms with van der Waals surface area (Å²) in [7, 11) is 1.38. The first-order chi connectivity index (χ1) is 8.58. The van der Waals surface area contributed by atoms with Crippen LogP contribution in [0, 0.1) is 13.8 Å². The Morgan fingerprint density at radius 3 is 2.78 bits per heavy atom. The third-order valence-electron chi connectivity index (χ3n) is 2.85. The van der Waals surface area contributed by atoms with Crippen molar-refractivity contribution in [3.63, 3.8) is 0 Å². The molecule has 0 aliphatic heterocycles. The van der Waals surface area contributed by atoms with E-state index in [9.17, 15) is 4.79 Å². The molecule has 0 aliphatic rings. The molecule has 0 fully saturated rings. The minimum Gasteiger partial charge on any atom is -0.465 e. The van der Waals surface area contributed by atoms with E-state index in [0.717, 1.165) is 35.4 Å². The number of esters is 1. The van der Waals surface area contributed by atoms with E-state index in [1.165, 1.54) is 7.11 Å². The molecular weight excluding hydrogens is 230 g/mol. The van der Waals surface area contributed by atoms with Crippen LogP contribution in [0.1, 0.15) is 35.1 Å². The highest BCUT2D eigenvalue weighted by molar-refractivity contribution is 6.03. The number of methoxy groups -OCH3 is 1. The molecule has 5 heteroatoms. The predicted octanol–water partition coefficient (Wildman–Crippen LogP) is 2.24. The summed E-state index contributed by atoms with van der Waals surface area (Å²) in [5.41, 5.74) is 2.90. The Labute approximate surface area is 106 Å². The van der Waals surface area contributed by atoms with Crippen LogP contribution in [0.2, 0.25) is 0 Å². The van der Waals surface area contributed by atoms with E-state index >= 15 is 0 Å². The van der Waals surface area contributed by atoms with Gasteiger partial charge in [0.1, 0.15) is 0 Å². The van der Waals surface area contributed by atoms with Crippen LogP contribution in [0.5, 0.6) is 0 Å². The van der Waals surface area contributed by atoms with Crippen molar-refractivity contribution >= 4 is 17.0 Å². The number of rotatable bonds is 3. The summed E-state index contributed by atoms with van der Waals surface area (Å²) in [5, 5.41) is 5.24. The second-order valence-electron chi connectivity index (χ2n) is 4.31. The van der Waals surface area contributed by atoms with Crippen LogP contribution < -0.4 is 0 Å². The molecule has 0 radical (unpaired) electrons. The van der Waals surface area contributed by atoms with E-state index in [2.05, 4.69) is 17.0 Å². The normalized spacial score (nSPS) is 10.9.